The fraction of sp³-hybridized carbons (Fsp3) is 0.333. The van der Waals surface area contributed by atoms with Gasteiger partial charge in [0.1, 0.15) is 23.7 Å². The Kier molecular flexibility index (Phi) is 11.4. The summed E-state index contributed by atoms with van der Waals surface area (Å²) in [6.45, 7) is 1.04. The Hall–Kier alpha value is -7.24. The topological polar surface area (TPSA) is 234 Å². The number of methoxy groups -OCH3 is 1. The zero-order chi connectivity index (χ0) is 41.8. The van der Waals surface area contributed by atoms with Crippen LogP contribution in [0.1, 0.15) is 60.8 Å². The summed E-state index contributed by atoms with van der Waals surface area (Å²) in [6, 6.07) is 14.0. The van der Waals surface area contributed by atoms with Crippen LogP contribution in [0, 0.1) is 0 Å². The Balaban J connectivity index is 0.917. The van der Waals surface area contributed by atoms with Crippen LogP contribution < -0.4 is 5.32 Å². The van der Waals surface area contributed by atoms with Gasteiger partial charge in [-0.2, -0.15) is 0 Å². The molecule has 8 rings (SSSR count). The van der Waals surface area contributed by atoms with Crippen LogP contribution in [-0.2, 0) is 27.2 Å². The van der Waals surface area contributed by atoms with Crippen molar-refractivity contribution in [2.45, 2.75) is 62.7 Å². The second-order valence-corrected chi connectivity index (χ2v) is 15.0. The maximum atomic E-state index is 13.8. The van der Waals surface area contributed by atoms with Gasteiger partial charge in [-0.15, -0.1) is 0 Å². The molecule has 6 heterocycles. The molecule has 60 heavy (non-hydrogen) atoms. The minimum atomic E-state index is -1.18. The Labute approximate surface area is 344 Å². The van der Waals surface area contributed by atoms with E-state index >= 15 is 0 Å². The van der Waals surface area contributed by atoms with Crippen LogP contribution in [0.25, 0.3) is 33.6 Å². The normalized spacial score (nSPS) is 17.4. The molecule has 310 valence electrons. The molecule has 2 fully saturated rings. The molecule has 4 atom stereocenters. The molecule has 2 saturated heterocycles. The predicted molar refractivity (Wildman–Crippen MR) is 218 cm³/mol. The van der Waals surface area contributed by atoms with E-state index in [-0.39, 0.29) is 36.7 Å². The van der Waals surface area contributed by atoms with E-state index in [1.165, 1.54) is 26.8 Å². The number of nitrogens with zero attached hydrogens (tertiary/aromatic N) is 7. The zero-order valence-electron chi connectivity index (χ0n) is 33.2. The van der Waals surface area contributed by atoms with Gasteiger partial charge in [0, 0.05) is 45.4 Å². The minimum absolute atomic E-state index is 0.161. The third-order valence-electron chi connectivity index (χ3n) is 11.4. The first-order valence-electron chi connectivity index (χ1n) is 19.8. The molecule has 6 N–H and O–H groups in total. The van der Waals surface area contributed by atoms with E-state index in [9.17, 15) is 24.3 Å². The molecule has 0 spiro atoms. The third-order valence-corrected chi connectivity index (χ3v) is 11.4. The lowest BCUT2D eigenvalue weighted by molar-refractivity contribution is -0.137. The molecule has 18 nitrogen and oxygen atoms in total. The highest BCUT2D eigenvalue weighted by Crippen LogP contribution is 2.35. The number of carbonyl (C=O) groups excluding carboxylic acids is 3. The standard InChI is InChI=1S/C42H46N12O6/c1-52(42(58)59)36(18-30-20-44-24-48-30)40(56)54-16-4-6-35(54)38-46-22-33(50-38)28-13-9-26(10-14-28)25-7-11-27(12-8-25)32-21-45-37(49-32)34-5-3-15-53(34)39(55)31(51-41(57)60-2)17-29-19-43-23-47-29/h7-14,19-24,31,34-36H,3-6,15-18H2,1-2H3,(H,43,47)(H,44,48)(H,45,49)(H,46,50)(H,51,57)(H,58,59)/t31-,34?,35-,36-/m0/s1. The highest BCUT2D eigenvalue weighted by atomic mass is 16.5. The van der Waals surface area contributed by atoms with Gasteiger partial charge in [0.2, 0.25) is 11.8 Å². The Bertz CT molecular complexity index is 2410. The Morgan fingerprint density at radius 2 is 1.23 bits per heavy atom. The van der Waals surface area contributed by atoms with Crippen molar-refractivity contribution in [3.63, 3.8) is 0 Å². The summed E-state index contributed by atoms with van der Waals surface area (Å²) in [5.41, 5.74) is 6.83. The first-order valence-corrected chi connectivity index (χ1v) is 19.8. The van der Waals surface area contributed by atoms with Crippen molar-refractivity contribution < 1.29 is 29.0 Å². The van der Waals surface area contributed by atoms with Crippen molar-refractivity contribution in [3.05, 3.63) is 109 Å². The van der Waals surface area contributed by atoms with Gasteiger partial charge in [-0.05, 0) is 47.9 Å². The molecule has 2 aliphatic heterocycles. The summed E-state index contributed by atoms with van der Waals surface area (Å²) in [4.78, 5) is 86.6. The molecule has 2 aliphatic rings. The van der Waals surface area contributed by atoms with E-state index in [0.717, 1.165) is 57.8 Å². The van der Waals surface area contributed by atoms with Crippen molar-refractivity contribution in [2.24, 2.45) is 0 Å². The van der Waals surface area contributed by atoms with Crippen LogP contribution in [0.4, 0.5) is 9.59 Å². The first-order chi connectivity index (χ1) is 29.2. The van der Waals surface area contributed by atoms with E-state index in [0.29, 0.717) is 42.5 Å². The number of carboxylic acid groups (broad SMARTS) is 1. The largest absolute Gasteiger partial charge is 0.465 e. The molecular weight excluding hydrogens is 769 g/mol. The molecule has 0 aliphatic carbocycles. The van der Waals surface area contributed by atoms with Gasteiger partial charge in [0.25, 0.3) is 0 Å². The van der Waals surface area contributed by atoms with Gasteiger partial charge in [0.05, 0.1) is 67.0 Å². The van der Waals surface area contributed by atoms with Crippen molar-refractivity contribution >= 4 is 24.0 Å². The number of aromatic amines is 4. The van der Waals surface area contributed by atoms with Gasteiger partial charge in [-0.3, -0.25) is 14.5 Å². The molecule has 2 aromatic carbocycles. The summed E-state index contributed by atoms with van der Waals surface area (Å²) >= 11 is 0. The molecule has 0 saturated carbocycles. The molecule has 1 unspecified atom stereocenters. The minimum Gasteiger partial charge on any atom is -0.465 e. The molecule has 6 aromatic rings. The van der Waals surface area contributed by atoms with Crippen LogP contribution in [0.2, 0.25) is 0 Å². The van der Waals surface area contributed by atoms with Crippen LogP contribution in [-0.4, -0.2) is 123 Å². The lowest BCUT2D eigenvalue weighted by atomic mass is 10.0. The van der Waals surface area contributed by atoms with Crippen molar-refractivity contribution in [1.29, 1.82) is 0 Å². The van der Waals surface area contributed by atoms with Crippen LogP contribution in [0.15, 0.2) is 86.0 Å². The van der Waals surface area contributed by atoms with Crippen LogP contribution in [0.5, 0.6) is 0 Å². The number of hydrogen-bond acceptors (Lipinski definition) is 9. The van der Waals surface area contributed by atoms with Gasteiger partial charge in [-0.1, -0.05) is 48.5 Å². The highest BCUT2D eigenvalue weighted by molar-refractivity contribution is 5.87. The summed E-state index contributed by atoms with van der Waals surface area (Å²) in [5.74, 6) is 0.840. The fourth-order valence-electron chi connectivity index (χ4n) is 8.15. The lowest BCUT2D eigenvalue weighted by Gasteiger charge is -2.31. The zero-order valence-corrected chi connectivity index (χ0v) is 33.2. The van der Waals surface area contributed by atoms with Crippen molar-refractivity contribution in [3.8, 4) is 33.6 Å². The summed E-state index contributed by atoms with van der Waals surface area (Å²) < 4.78 is 4.79. The number of ether oxygens (including phenoxy) is 1. The Morgan fingerprint density at radius 3 is 1.70 bits per heavy atom. The monoisotopic (exact) mass is 814 g/mol. The molecule has 4 aromatic heterocycles. The van der Waals surface area contributed by atoms with E-state index < -0.39 is 24.3 Å². The SMILES string of the molecule is COC(=O)N[C@@H](Cc1c[nH]cn1)C(=O)N1CCCC1c1ncc(-c2ccc(-c3ccc(-c4cnc([C@@H]5CCCN5C(=O)[C@H](Cc5c[nH]cn5)N(C)C(=O)O)[nH]4)cc3)cc2)[nH]1. The number of alkyl carbamates (subject to hydrolysis) is 1. The second kappa shape index (κ2) is 17.3. The van der Waals surface area contributed by atoms with Gasteiger partial charge in [0.15, 0.2) is 0 Å². The maximum Gasteiger partial charge on any atom is 0.407 e. The summed E-state index contributed by atoms with van der Waals surface area (Å²) in [7, 11) is 2.67. The predicted octanol–water partition coefficient (Wildman–Crippen LogP) is 5.10. The Morgan fingerprint density at radius 1 is 0.750 bits per heavy atom. The van der Waals surface area contributed by atoms with Gasteiger partial charge >= 0.3 is 12.2 Å². The number of likely N-dealkylation sites (tertiary alicyclic amines) is 2. The number of benzene rings is 2. The fourth-order valence-corrected chi connectivity index (χ4v) is 8.15. The van der Waals surface area contributed by atoms with E-state index in [2.05, 4.69) is 57.3 Å². The van der Waals surface area contributed by atoms with Crippen molar-refractivity contribution in [1.82, 2.24) is 59.9 Å². The number of imidazole rings is 4. The number of hydrogen-bond donors (Lipinski definition) is 6. The molecule has 4 amide bonds. The van der Waals surface area contributed by atoms with Gasteiger partial charge < -0.3 is 44.9 Å². The average molecular weight is 815 g/mol. The maximum absolute atomic E-state index is 13.8. The average Bonchev–Trinajstić information content (AvgIpc) is 4.12. The second-order valence-electron chi connectivity index (χ2n) is 15.0. The highest BCUT2D eigenvalue weighted by Gasteiger charge is 2.39. The van der Waals surface area contributed by atoms with Gasteiger partial charge in [-0.25, -0.2) is 29.5 Å². The number of carbonyl (C=O) groups is 4. The molecular formula is C42H46N12O6. The molecule has 0 bridgehead atoms. The number of rotatable bonds is 13. The van der Waals surface area contributed by atoms with E-state index in [4.69, 9.17) is 4.74 Å². The van der Waals surface area contributed by atoms with E-state index in [1.54, 1.807) is 34.6 Å². The van der Waals surface area contributed by atoms with Crippen molar-refractivity contribution in [2.75, 3.05) is 27.2 Å². The molecule has 0 radical (unpaired) electrons. The number of likely N-dealkylation sites (N-methyl/N-ethyl adjacent to an activating group) is 1. The van der Waals surface area contributed by atoms with Crippen LogP contribution in [0.3, 0.4) is 0 Å². The summed E-state index contributed by atoms with van der Waals surface area (Å²) in [6.07, 6.45) is 11.5. The quantitative estimate of drug-likeness (QED) is 0.0903. The third kappa shape index (κ3) is 8.34. The number of H-pyrrole nitrogens is 4. The lowest BCUT2D eigenvalue weighted by Crippen LogP contribution is -2.50. The summed E-state index contributed by atoms with van der Waals surface area (Å²) in [5, 5.41) is 12.4. The first kappa shape index (κ1) is 39.6. The molecule has 18 heteroatoms. The number of amides is 4. The number of aromatic nitrogens is 8. The number of nitrogens with one attached hydrogen (secondary N) is 5. The smallest absolute Gasteiger partial charge is 0.407 e. The van der Waals surface area contributed by atoms with E-state index in [1.807, 2.05) is 36.4 Å². The van der Waals surface area contributed by atoms with Crippen LogP contribution >= 0.6 is 0 Å².